The van der Waals surface area contributed by atoms with Gasteiger partial charge < -0.3 is 9.47 Å². The maximum absolute atomic E-state index is 10.8. The number of ether oxygens (including phenoxy) is 2. The van der Waals surface area contributed by atoms with Crippen LogP contribution in [0.1, 0.15) is 12.8 Å². The molecule has 0 spiro atoms. The van der Waals surface area contributed by atoms with E-state index < -0.39 is 0 Å². The maximum atomic E-state index is 10.8. The highest BCUT2D eigenvalue weighted by Crippen LogP contribution is 1.91. The molecule has 0 radical (unpaired) electrons. The van der Waals surface area contributed by atoms with Crippen LogP contribution in [0.5, 0.6) is 0 Å². The van der Waals surface area contributed by atoms with Gasteiger partial charge in [-0.1, -0.05) is 0 Å². The summed E-state index contributed by atoms with van der Waals surface area (Å²) in [6.07, 6.45) is 0.543. The van der Waals surface area contributed by atoms with Crippen LogP contribution in [0.25, 0.3) is 0 Å². The van der Waals surface area contributed by atoms with Crippen LogP contribution in [0.3, 0.4) is 0 Å². The summed E-state index contributed by atoms with van der Waals surface area (Å²) >= 11 is 7.74. The lowest BCUT2D eigenvalue weighted by Gasteiger charge is -2.04. The van der Waals surface area contributed by atoms with Gasteiger partial charge in [-0.3, -0.25) is 9.59 Å². The van der Waals surface area contributed by atoms with E-state index in [1.165, 1.54) is 0 Å². The smallest absolute Gasteiger partial charge is 0.306 e. The Hall–Kier alpha value is -0.360. The second-order valence-corrected chi connectivity index (χ2v) is 3.28. The molecule has 0 saturated carbocycles. The SMILES string of the molecule is O=C(CCS)OCCOC(=O)CCS. The first-order chi connectivity index (χ1) is 6.70. The van der Waals surface area contributed by atoms with Crippen molar-refractivity contribution < 1.29 is 19.1 Å². The van der Waals surface area contributed by atoms with Gasteiger partial charge in [-0.2, -0.15) is 25.3 Å². The molecule has 0 atom stereocenters. The molecule has 0 bridgehead atoms. The Balaban J connectivity index is 3.28. The van der Waals surface area contributed by atoms with Crippen LogP contribution < -0.4 is 0 Å². The number of rotatable bonds is 7. The molecule has 0 aromatic heterocycles. The number of carbonyl (C=O) groups is 2. The molecule has 0 saturated heterocycles. The van der Waals surface area contributed by atoms with Gasteiger partial charge >= 0.3 is 11.9 Å². The van der Waals surface area contributed by atoms with Crippen molar-refractivity contribution in [2.45, 2.75) is 12.8 Å². The fourth-order valence-corrected chi connectivity index (χ4v) is 1.00. The Labute approximate surface area is 94.2 Å². The molecule has 6 heteroatoms. The van der Waals surface area contributed by atoms with Gasteiger partial charge in [-0.25, -0.2) is 0 Å². The zero-order chi connectivity index (χ0) is 10.8. The minimum atomic E-state index is -0.328. The van der Waals surface area contributed by atoms with Gasteiger partial charge in [0.2, 0.25) is 0 Å². The highest BCUT2D eigenvalue weighted by atomic mass is 32.1. The first-order valence-electron chi connectivity index (χ1n) is 4.23. The van der Waals surface area contributed by atoms with Crippen LogP contribution in [0, 0.1) is 0 Å². The molecule has 0 amide bonds. The predicted molar refractivity (Wildman–Crippen MR) is 58.9 cm³/mol. The van der Waals surface area contributed by atoms with Crippen molar-refractivity contribution in [3.05, 3.63) is 0 Å². The zero-order valence-electron chi connectivity index (χ0n) is 7.77. The monoisotopic (exact) mass is 238 g/mol. The summed E-state index contributed by atoms with van der Waals surface area (Å²) < 4.78 is 9.45. The van der Waals surface area contributed by atoms with Crippen LogP contribution in [0.15, 0.2) is 0 Å². The molecule has 0 aliphatic rings. The third-order valence-corrected chi connectivity index (χ3v) is 1.69. The minimum absolute atomic E-state index is 0.102. The molecule has 0 aliphatic heterocycles. The lowest BCUT2D eigenvalue weighted by atomic mass is 10.5. The molecule has 4 nitrogen and oxygen atoms in total. The van der Waals surface area contributed by atoms with Crippen LogP contribution in [-0.2, 0) is 19.1 Å². The van der Waals surface area contributed by atoms with E-state index in [-0.39, 0.29) is 38.0 Å². The molecule has 0 heterocycles. The van der Waals surface area contributed by atoms with Crippen molar-refractivity contribution in [2.24, 2.45) is 0 Å². The van der Waals surface area contributed by atoms with Crippen molar-refractivity contribution in [2.75, 3.05) is 24.7 Å². The summed E-state index contributed by atoms with van der Waals surface area (Å²) in [6.45, 7) is 0.204. The Bertz CT molecular complexity index is 164. The summed E-state index contributed by atoms with van der Waals surface area (Å²) in [6, 6.07) is 0. The fourth-order valence-electron chi connectivity index (χ4n) is 0.638. The average Bonchev–Trinajstić information content (AvgIpc) is 2.13. The van der Waals surface area contributed by atoms with E-state index in [1.807, 2.05) is 0 Å². The number of hydrogen-bond donors (Lipinski definition) is 2. The van der Waals surface area contributed by atoms with E-state index in [4.69, 9.17) is 9.47 Å². The predicted octanol–water partition coefficient (Wildman–Crippen LogP) is 0.713. The molecule has 0 aromatic rings. The van der Waals surface area contributed by atoms with Crippen molar-refractivity contribution in [1.82, 2.24) is 0 Å². The number of hydrogen-bond acceptors (Lipinski definition) is 6. The molecule has 0 rings (SSSR count). The summed E-state index contributed by atoms with van der Waals surface area (Å²) in [5.74, 6) is 0.256. The van der Waals surface area contributed by atoms with E-state index in [0.29, 0.717) is 11.5 Å². The fraction of sp³-hybridized carbons (Fsp3) is 0.750. The normalized spacial score (nSPS) is 9.57. The van der Waals surface area contributed by atoms with Crippen molar-refractivity contribution in [3.63, 3.8) is 0 Å². The summed E-state index contributed by atoms with van der Waals surface area (Å²) in [4.78, 5) is 21.6. The minimum Gasteiger partial charge on any atom is -0.462 e. The number of esters is 2. The molecule has 0 aliphatic carbocycles. The molecule has 14 heavy (non-hydrogen) atoms. The summed E-state index contributed by atoms with van der Waals surface area (Å²) in [5, 5.41) is 0. The lowest BCUT2D eigenvalue weighted by molar-refractivity contribution is -0.151. The van der Waals surface area contributed by atoms with Crippen molar-refractivity contribution in [1.29, 1.82) is 0 Å². The van der Waals surface area contributed by atoms with Crippen molar-refractivity contribution in [3.8, 4) is 0 Å². The Morgan fingerprint density at radius 2 is 1.21 bits per heavy atom. The molecule has 0 fully saturated rings. The first-order valence-corrected chi connectivity index (χ1v) is 5.50. The Morgan fingerprint density at radius 1 is 0.857 bits per heavy atom. The van der Waals surface area contributed by atoms with E-state index in [0.717, 1.165) is 0 Å². The number of thiol groups is 2. The van der Waals surface area contributed by atoms with E-state index in [1.54, 1.807) is 0 Å². The number of carbonyl (C=O) groups excluding carboxylic acids is 2. The van der Waals surface area contributed by atoms with Gasteiger partial charge in [-0.05, 0) is 0 Å². The summed E-state index contributed by atoms with van der Waals surface area (Å²) in [7, 11) is 0. The van der Waals surface area contributed by atoms with E-state index in [9.17, 15) is 9.59 Å². The highest BCUT2D eigenvalue weighted by molar-refractivity contribution is 7.80. The van der Waals surface area contributed by atoms with Crippen molar-refractivity contribution >= 4 is 37.2 Å². The molecular formula is C8H14O4S2. The lowest BCUT2D eigenvalue weighted by Crippen LogP contribution is -2.14. The van der Waals surface area contributed by atoms with Gasteiger partial charge in [0.1, 0.15) is 13.2 Å². The molecular weight excluding hydrogens is 224 g/mol. The van der Waals surface area contributed by atoms with Crippen LogP contribution in [0.2, 0.25) is 0 Å². The first kappa shape index (κ1) is 13.6. The third kappa shape index (κ3) is 8.25. The quantitative estimate of drug-likeness (QED) is 0.390. The second kappa shape index (κ2) is 9.21. The Kier molecular flexibility index (Phi) is 8.97. The standard InChI is InChI=1S/C8H14O4S2/c9-7(1-5-13)11-3-4-12-8(10)2-6-14/h13-14H,1-6H2. The topological polar surface area (TPSA) is 52.6 Å². The second-order valence-electron chi connectivity index (χ2n) is 2.39. The Morgan fingerprint density at radius 3 is 1.50 bits per heavy atom. The average molecular weight is 238 g/mol. The van der Waals surface area contributed by atoms with Gasteiger partial charge in [-0.15, -0.1) is 0 Å². The van der Waals surface area contributed by atoms with E-state index >= 15 is 0 Å². The zero-order valence-corrected chi connectivity index (χ0v) is 9.56. The van der Waals surface area contributed by atoms with E-state index in [2.05, 4.69) is 25.3 Å². The molecule has 0 unspecified atom stereocenters. The van der Waals surface area contributed by atoms with Crippen LogP contribution >= 0.6 is 25.3 Å². The highest BCUT2D eigenvalue weighted by Gasteiger charge is 2.03. The summed E-state index contributed by atoms with van der Waals surface area (Å²) in [5.41, 5.74) is 0. The van der Waals surface area contributed by atoms with Gasteiger partial charge in [0.05, 0.1) is 12.8 Å². The van der Waals surface area contributed by atoms with Crippen LogP contribution in [0.4, 0.5) is 0 Å². The maximum Gasteiger partial charge on any atom is 0.306 e. The van der Waals surface area contributed by atoms with Gasteiger partial charge in [0.25, 0.3) is 0 Å². The molecule has 0 aromatic carbocycles. The van der Waals surface area contributed by atoms with Gasteiger partial charge in [0, 0.05) is 11.5 Å². The van der Waals surface area contributed by atoms with Gasteiger partial charge in [0.15, 0.2) is 0 Å². The molecule has 0 N–H and O–H groups in total. The van der Waals surface area contributed by atoms with Crippen LogP contribution in [-0.4, -0.2) is 36.7 Å². The largest absolute Gasteiger partial charge is 0.462 e. The molecule has 82 valence electrons. The third-order valence-electron chi connectivity index (χ3n) is 1.24.